The van der Waals surface area contributed by atoms with Crippen molar-refractivity contribution >= 4 is 17.6 Å². The smallest absolute Gasteiger partial charge is 0.342 e. The number of nitrogens with zero attached hydrogens (tertiary/aromatic N) is 3. The van der Waals surface area contributed by atoms with Gasteiger partial charge in [0.05, 0.1) is 5.92 Å². The van der Waals surface area contributed by atoms with Crippen molar-refractivity contribution < 1.29 is 22.8 Å². The largest absolute Gasteiger partial charge is 0.406 e. The topological polar surface area (TPSA) is 53.5 Å². The molecule has 2 heterocycles. The summed E-state index contributed by atoms with van der Waals surface area (Å²) in [7, 11) is 0. The summed E-state index contributed by atoms with van der Waals surface area (Å²) in [4.78, 5) is 30.0. The number of carbonyl (C=O) groups excluding carboxylic acids is 2. The van der Waals surface area contributed by atoms with Crippen LogP contribution in [0.4, 0.5) is 19.0 Å². The van der Waals surface area contributed by atoms with Crippen molar-refractivity contribution in [1.29, 1.82) is 0 Å². The molecule has 1 atom stereocenters. The van der Waals surface area contributed by atoms with Crippen molar-refractivity contribution in [2.45, 2.75) is 19.5 Å². The molecule has 1 aromatic rings. The molecule has 0 aliphatic carbocycles. The van der Waals surface area contributed by atoms with Gasteiger partial charge in [0.2, 0.25) is 11.8 Å². The number of alkyl halides is 3. The minimum atomic E-state index is -4.54. The highest BCUT2D eigenvalue weighted by molar-refractivity contribution is 5.98. The SMILES string of the molecule is CCN1C[C@@H](C(=O)N(CC(F)(F)F)c2ccccn2)CC1=O. The van der Waals surface area contributed by atoms with Crippen molar-refractivity contribution in [2.24, 2.45) is 5.92 Å². The second kappa shape index (κ2) is 6.33. The average molecular weight is 315 g/mol. The van der Waals surface area contributed by atoms with Gasteiger partial charge in [-0.05, 0) is 19.1 Å². The summed E-state index contributed by atoms with van der Waals surface area (Å²) in [5.74, 6) is -1.77. The third kappa shape index (κ3) is 3.75. The maximum absolute atomic E-state index is 12.8. The Hall–Kier alpha value is -2.12. The van der Waals surface area contributed by atoms with Crippen LogP contribution in [-0.4, -0.2) is 47.5 Å². The lowest BCUT2D eigenvalue weighted by Crippen LogP contribution is -2.43. The lowest BCUT2D eigenvalue weighted by atomic mass is 10.1. The molecule has 0 saturated carbocycles. The third-order valence-corrected chi connectivity index (χ3v) is 3.47. The van der Waals surface area contributed by atoms with E-state index in [9.17, 15) is 22.8 Å². The number of hydrogen-bond acceptors (Lipinski definition) is 3. The number of anilines is 1. The van der Waals surface area contributed by atoms with E-state index in [2.05, 4.69) is 4.98 Å². The molecule has 0 unspecified atom stereocenters. The zero-order valence-corrected chi connectivity index (χ0v) is 12.0. The van der Waals surface area contributed by atoms with Gasteiger partial charge in [-0.25, -0.2) is 4.98 Å². The van der Waals surface area contributed by atoms with Gasteiger partial charge < -0.3 is 4.90 Å². The lowest BCUT2D eigenvalue weighted by Gasteiger charge is -2.25. The summed E-state index contributed by atoms with van der Waals surface area (Å²) >= 11 is 0. The summed E-state index contributed by atoms with van der Waals surface area (Å²) in [5, 5.41) is 0. The van der Waals surface area contributed by atoms with Gasteiger partial charge in [0.15, 0.2) is 0 Å². The molecule has 5 nitrogen and oxygen atoms in total. The summed E-state index contributed by atoms with van der Waals surface area (Å²) in [6.45, 7) is 0.928. The van der Waals surface area contributed by atoms with E-state index in [-0.39, 0.29) is 24.7 Å². The number of halogens is 3. The van der Waals surface area contributed by atoms with E-state index in [1.165, 1.54) is 23.2 Å². The van der Waals surface area contributed by atoms with Gasteiger partial charge in [0, 0.05) is 25.7 Å². The second-order valence-corrected chi connectivity index (χ2v) is 5.06. The molecule has 0 spiro atoms. The first kappa shape index (κ1) is 16.3. The van der Waals surface area contributed by atoms with E-state index in [0.29, 0.717) is 11.4 Å². The molecule has 2 amide bonds. The average Bonchev–Trinajstić information content (AvgIpc) is 2.85. The first-order chi connectivity index (χ1) is 10.3. The Kier molecular flexibility index (Phi) is 4.68. The van der Waals surface area contributed by atoms with Gasteiger partial charge in [-0.1, -0.05) is 6.07 Å². The minimum Gasteiger partial charge on any atom is -0.342 e. The molecule has 0 radical (unpaired) electrons. The summed E-state index contributed by atoms with van der Waals surface area (Å²) in [6.07, 6.45) is -3.28. The first-order valence-corrected chi connectivity index (χ1v) is 6.88. The molecule has 1 aliphatic heterocycles. The Morgan fingerprint density at radius 1 is 1.45 bits per heavy atom. The predicted octanol–water partition coefficient (Wildman–Crippen LogP) is 1.85. The zero-order chi connectivity index (χ0) is 16.3. The van der Waals surface area contributed by atoms with Crippen LogP contribution in [-0.2, 0) is 9.59 Å². The molecule has 2 rings (SSSR count). The molecule has 0 bridgehead atoms. The van der Waals surface area contributed by atoms with Crippen LogP contribution in [0.25, 0.3) is 0 Å². The zero-order valence-electron chi connectivity index (χ0n) is 12.0. The second-order valence-electron chi connectivity index (χ2n) is 5.06. The van der Waals surface area contributed by atoms with Crippen LogP contribution in [0.15, 0.2) is 24.4 Å². The summed E-state index contributed by atoms with van der Waals surface area (Å²) in [6, 6.07) is 4.41. The predicted molar refractivity (Wildman–Crippen MR) is 73.0 cm³/mol. The Bertz CT molecular complexity index is 548. The van der Waals surface area contributed by atoms with Gasteiger partial charge >= 0.3 is 6.18 Å². The van der Waals surface area contributed by atoms with Gasteiger partial charge in [-0.3, -0.25) is 14.5 Å². The monoisotopic (exact) mass is 315 g/mol. The normalized spacial score (nSPS) is 18.6. The van der Waals surface area contributed by atoms with E-state index >= 15 is 0 Å². The Balaban J connectivity index is 2.22. The maximum Gasteiger partial charge on any atom is 0.406 e. The highest BCUT2D eigenvalue weighted by Crippen LogP contribution is 2.26. The Morgan fingerprint density at radius 2 is 2.18 bits per heavy atom. The van der Waals surface area contributed by atoms with Gasteiger partial charge in [0.25, 0.3) is 0 Å². The van der Waals surface area contributed by atoms with Gasteiger partial charge in [-0.2, -0.15) is 13.2 Å². The lowest BCUT2D eigenvalue weighted by molar-refractivity contribution is -0.134. The number of amides is 2. The van der Waals surface area contributed by atoms with Crippen molar-refractivity contribution in [3.8, 4) is 0 Å². The number of carbonyl (C=O) groups is 2. The number of likely N-dealkylation sites (tertiary alicyclic amines) is 1. The summed E-state index contributed by atoms with van der Waals surface area (Å²) < 4.78 is 38.3. The molecule has 1 aromatic heterocycles. The fourth-order valence-corrected chi connectivity index (χ4v) is 2.43. The van der Waals surface area contributed by atoms with Crippen LogP contribution in [0.1, 0.15) is 13.3 Å². The standard InChI is InChI=1S/C14H16F3N3O2/c1-2-19-8-10(7-12(19)21)13(22)20(9-14(15,16)17)11-5-3-4-6-18-11/h3-6,10H,2,7-9H2,1H3/t10-/m0/s1. The van der Waals surface area contributed by atoms with Crippen LogP contribution in [0, 0.1) is 5.92 Å². The molecule has 0 aromatic carbocycles. The van der Waals surface area contributed by atoms with Crippen molar-refractivity contribution in [1.82, 2.24) is 9.88 Å². The van der Waals surface area contributed by atoms with Crippen molar-refractivity contribution in [2.75, 3.05) is 24.5 Å². The van der Waals surface area contributed by atoms with E-state index < -0.39 is 24.5 Å². The highest BCUT2D eigenvalue weighted by atomic mass is 19.4. The number of aromatic nitrogens is 1. The maximum atomic E-state index is 12.8. The molecule has 120 valence electrons. The van der Waals surface area contributed by atoms with Gasteiger partial charge in [0.1, 0.15) is 12.4 Å². The van der Waals surface area contributed by atoms with Crippen molar-refractivity contribution in [3.63, 3.8) is 0 Å². The van der Waals surface area contributed by atoms with E-state index in [1.807, 2.05) is 0 Å². The van der Waals surface area contributed by atoms with Crippen LogP contribution in [0.3, 0.4) is 0 Å². The molecule has 8 heteroatoms. The Morgan fingerprint density at radius 3 is 2.68 bits per heavy atom. The van der Waals surface area contributed by atoms with E-state index in [4.69, 9.17) is 0 Å². The van der Waals surface area contributed by atoms with Crippen LogP contribution in [0.5, 0.6) is 0 Å². The molecular weight excluding hydrogens is 299 g/mol. The van der Waals surface area contributed by atoms with Gasteiger partial charge in [-0.15, -0.1) is 0 Å². The number of rotatable bonds is 4. The van der Waals surface area contributed by atoms with E-state index in [1.54, 1.807) is 13.0 Å². The number of hydrogen-bond donors (Lipinski definition) is 0. The van der Waals surface area contributed by atoms with Crippen molar-refractivity contribution in [3.05, 3.63) is 24.4 Å². The molecular formula is C14H16F3N3O2. The van der Waals surface area contributed by atoms with Crippen LogP contribution >= 0.6 is 0 Å². The Labute approximate surface area is 125 Å². The summed E-state index contributed by atoms with van der Waals surface area (Å²) in [5.41, 5.74) is 0. The van der Waals surface area contributed by atoms with E-state index in [0.717, 1.165) is 0 Å². The first-order valence-electron chi connectivity index (χ1n) is 6.88. The third-order valence-electron chi connectivity index (χ3n) is 3.47. The highest BCUT2D eigenvalue weighted by Gasteiger charge is 2.40. The quantitative estimate of drug-likeness (QED) is 0.852. The molecule has 1 aliphatic rings. The fourth-order valence-electron chi connectivity index (χ4n) is 2.43. The molecule has 1 fully saturated rings. The van der Waals surface area contributed by atoms with Crippen LogP contribution < -0.4 is 4.90 Å². The minimum absolute atomic E-state index is 0.0616. The fraction of sp³-hybridized carbons (Fsp3) is 0.500. The molecule has 0 N–H and O–H groups in total. The number of pyridine rings is 1. The molecule has 22 heavy (non-hydrogen) atoms. The molecule has 1 saturated heterocycles. The van der Waals surface area contributed by atoms with Crippen LogP contribution in [0.2, 0.25) is 0 Å².